The van der Waals surface area contributed by atoms with Gasteiger partial charge in [0.2, 0.25) is 0 Å². The van der Waals surface area contributed by atoms with Crippen molar-refractivity contribution in [1.82, 2.24) is 9.80 Å². The molecule has 4 bridgehead atoms. The molecule has 5 aliphatic rings. The van der Waals surface area contributed by atoms with Crippen LogP contribution in [0.3, 0.4) is 0 Å². The minimum atomic E-state index is -0.0000406. The zero-order chi connectivity index (χ0) is 13.0. The van der Waals surface area contributed by atoms with Crippen LogP contribution in [0.4, 0.5) is 0 Å². The molecule has 0 aromatic rings. The summed E-state index contributed by atoms with van der Waals surface area (Å²) in [6.45, 7) is 5.96. The summed E-state index contributed by atoms with van der Waals surface area (Å²) in [7, 11) is 2.22. The van der Waals surface area contributed by atoms with Crippen LogP contribution in [0.15, 0.2) is 0 Å². The molecular formula is C16H28N2O. The number of aliphatic hydroxyl groups is 1. The molecule has 5 rings (SSSR count). The zero-order valence-electron chi connectivity index (χ0n) is 12.2. The molecule has 3 heteroatoms. The van der Waals surface area contributed by atoms with Crippen molar-refractivity contribution >= 4 is 0 Å². The van der Waals surface area contributed by atoms with Crippen molar-refractivity contribution in [2.45, 2.75) is 38.2 Å². The molecule has 1 N–H and O–H groups in total. The van der Waals surface area contributed by atoms with Gasteiger partial charge in [-0.15, -0.1) is 0 Å². The number of nitrogens with zero attached hydrogens (tertiary/aromatic N) is 2. The van der Waals surface area contributed by atoms with Crippen molar-refractivity contribution in [3.05, 3.63) is 0 Å². The maximum atomic E-state index is 10.8. The number of rotatable bonds is 2. The molecule has 1 aliphatic heterocycles. The predicted molar refractivity (Wildman–Crippen MR) is 75.9 cm³/mol. The molecule has 1 saturated heterocycles. The van der Waals surface area contributed by atoms with Crippen LogP contribution in [-0.4, -0.2) is 60.8 Å². The van der Waals surface area contributed by atoms with Gasteiger partial charge in [0.25, 0.3) is 0 Å². The van der Waals surface area contributed by atoms with E-state index in [1.807, 2.05) is 0 Å². The number of aliphatic hydroxyl groups excluding tert-OH is 1. The van der Waals surface area contributed by atoms with Crippen molar-refractivity contribution in [3.63, 3.8) is 0 Å². The Labute approximate surface area is 117 Å². The lowest BCUT2D eigenvalue weighted by molar-refractivity contribution is -0.165. The van der Waals surface area contributed by atoms with Gasteiger partial charge in [-0.1, -0.05) is 0 Å². The molecule has 4 saturated carbocycles. The lowest BCUT2D eigenvalue weighted by Crippen LogP contribution is -2.61. The van der Waals surface area contributed by atoms with E-state index in [1.165, 1.54) is 64.8 Å². The first-order valence-corrected chi connectivity index (χ1v) is 8.24. The fourth-order valence-corrected chi connectivity index (χ4v) is 5.86. The van der Waals surface area contributed by atoms with Crippen molar-refractivity contribution < 1.29 is 5.11 Å². The normalized spacial score (nSPS) is 50.8. The summed E-state index contributed by atoms with van der Waals surface area (Å²) in [5.41, 5.74) is 0.269. The Bertz CT molecular complexity index is 337. The molecule has 108 valence electrons. The molecule has 4 aliphatic carbocycles. The van der Waals surface area contributed by atoms with Gasteiger partial charge in [-0.3, -0.25) is 0 Å². The molecule has 3 nitrogen and oxygen atoms in total. The Morgan fingerprint density at radius 3 is 2.26 bits per heavy atom. The van der Waals surface area contributed by atoms with E-state index >= 15 is 0 Å². The SMILES string of the molecule is CN1CCN(CC23CC4CC(CC(C4)C2O)C3)CC1. The second kappa shape index (κ2) is 4.44. The number of likely N-dealkylation sites (N-methyl/N-ethyl adjacent to an activating group) is 1. The van der Waals surface area contributed by atoms with Crippen LogP contribution < -0.4 is 0 Å². The quantitative estimate of drug-likeness (QED) is 0.817. The average Bonchev–Trinajstić information content (AvgIpc) is 2.38. The van der Waals surface area contributed by atoms with E-state index in [9.17, 15) is 5.11 Å². The number of piperazine rings is 1. The van der Waals surface area contributed by atoms with E-state index in [1.54, 1.807) is 0 Å². The zero-order valence-corrected chi connectivity index (χ0v) is 12.2. The molecule has 0 radical (unpaired) electrons. The monoisotopic (exact) mass is 264 g/mol. The van der Waals surface area contributed by atoms with Crippen molar-refractivity contribution in [1.29, 1.82) is 0 Å². The highest BCUT2D eigenvalue weighted by Gasteiger charge is 2.56. The molecule has 0 aromatic heterocycles. The maximum Gasteiger partial charge on any atom is 0.0637 e. The van der Waals surface area contributed by atoms with Crippen LogP contribution in [-0.2, 0) is 0 Å². The van der Waals surface area contributed by atoms with Gasteiger partial charge in [-0.25, -0.2) is 0 Å². The summed E-state index contributed by atoms with van der Waals surface area (Å²) in [4.78, 5) is 5.06. The van der Waals surface area contributed by atoms with Gasteiger partial charge in [-0.2, -0.15) is 0 Å². The van der Waals surface area contributed by atoms with Gasteiger partial charge in [0.05, 0.1) is 6.10 Å². The largest absolute Gasteiger partial charge is 0.392 e. The predicted octanol–water partition coefficient (Wildman–Crippen LogP) is 1.42. The van der Waals surface area contributed by atoms with E-state index in [2.05, 4.69) is 16.8 Å². The average molecular weight is 264 g/mol. The number of hydrogen-bond donors (Lipinski definition) is 1. The Balaban J connectivity index is 1.49. The van der Waals surface area contributed by atoms with Crippen molar-refractivity contribution in [2.75, 3.05) is 39.8 Å². The molecule has 3 unspecified atom stereocenters. The maximum absolute atomic E-state index is 10.8. The summed E-state index contributed by atoms with van der Waals surface area (Å²) >= 11 is 0. The van der Waals surface area contributed by atoms with Crippen molar-refractivity contribution in [3.8, 4) is 0 Å². The third-order valence-electron chi connectivity index (χ3n) is 6.54. The lowest BCUT2D eigenvalue weighted by Gasteiger charge is -2.60. The molecule has 19 heavy (non-hydrogen) atoms. The summed E-state index contributed by atoms with van der Waals surface area (Å²) in [5.74, 6) is 2.51. The molecular weight excluding hydrogens is 236 g/mol. The van der Waals surface area contributed by atoms with Crippen LogP contribution in [0.25, 0.3) is 0 Å². The summed E-state index contributed by atoms with van der Waals surface area (Å²) in [6, 6.07) is 0. The topological polar surface area (TPSA) is 26.7 Å². The fraction of sp³-hybridized carbons (Fsp3) is 1.00. The van der Waals surface area contributed by atoms with Gasteiger partial charge in [-0.05, 0) is 56.9 Å². The standard InChI is InChI=1S/C16H28N2O/c1-17-2-4-18(5-3-17)11-16-9-12-6-13(10-16)8-14(7-12)15(16)19/h12-15,19H,2-11H2,1H3. The van der Waals surface area contributed by atoms with E-state index in [-0.39, 0.29) is 11.5 Å². The lowest BCUT2D eigenvalue weighted by atomic mass is 9.48. The van der Waals surface area contributed by atoms with Gasteiger partial charge in [0, 0.05) is 38.1 Å². The van der Waals surface area contributed by atoms with Crippen LogP contribution in [0, 0.1) is 23.2 Å². The van der Waals surface area contributed by atoms with Crippen molar-refractivity contribution in [2.24, 2.45) is 23.2 Å². The molecule has 3 atom stereocenters. The Morgan fingerprint density at radius 2 is 1.63 bits per heavy atom. The van der Waals surface area contributed by atoms with Crippen LogP contribution >= 0.6 is 0 Å². The molecule has 0 amide bonds. The summed E-state index contributed by atoms with van der Waals surface area (Å²) in [6.07, 6.45) is 6.74. The van der Waals surface area contributed by atoms with Gasteiger partial charge < -0.3 is 14.9 Å². The van der Waals surface area contributed by atoms with E-state index in [4.69, 9.17) is 0 Å². The van der Waals surface area contributed by atoms with Crippen LogP contribution in [0.2, 0.25) is 0 Å². The van der Waals surface area contributed by atoms with Gasteiger partial charge in [0.15, 0.2) is 0 Å². The molecule has 5 fully saturated rings. The smallest absolute Gasteiger partial charge is 0.0637 e. The highest BCUT2D eigenvalue weighted by molar-refractivity contribution is 5.07. The Kier molecular flexibility index (Phi) is 2.95. The minimum Gasteiger partial charge on any atom is -0.392 e. The van der Waals surface area contributed by atoms with E-state index in [0.29, 0.717) is 5.92 Å². The van der Waals surface area contributed by atoms with E-state index in [0.717, 1.165) is 11.8 Å². The molecule has 0 aromatic carbocycles. The van der Waals surface area contributed by atoms with Gasteiger partial charge >= 0.3 is 0 Å². The second-order valence-electron chi connectivity index (χ2n) is 7.99. The number of hydrogen-bond acceptors (Lipinski definition) is 3. The Morgan fingerprint density at radius 1 is 1.00 bits per heavy atom. The van der Waals surface area contributed by atoms with Crippen LogP contribution in [0.1, 0.15) is 32.1 Å². The molecule has 0 spiro atoms. The third-order valence-corrected chi connectivity index (χ3v) is 6.54. The highest BCUT2D eigenvalue weighted by Crippen LogP contribution is 2.60. The van der Waals surface area contributed by atoms with E-state index < -0.39 is 0 Å². The fourth-order valence-electron chi connectivity index (χ4n) is 5.86. The first-order valence-electron chi connectivity index (χ1n) is 8.24. The second-order valence-corrected chi connectivity index (χ2v) is 7.99. The summed E-state index contributed by atoms with van der Waals surface area (Å²) < 4.78 is 0. The van der Waals surface area contributed by atoms with Gasteiger partial charge in [0.1, 0.15) is 0 Å². The minimum absolute atomic E-state index is 0.0000406. The first-order chi connectivity index (χ1) is 9.14. The first kappa shape index (κ1) is 12.6. The summed E-state index contributed by atoms with van der Waals surface area (Å²) in [5, 5.41) is 10.8. The third kappa shape index (κ3) is 2.05. The van der Waals surface area contributed by atoms with Crippen LogP contribution in [0.5, 0.6) is 0 Å². The highest BCUT2D eigenvalue weighted by atomic mass is 16.3. The Hall–Kier alpha value is -0.120. The molecule has 1 heterocycles.